The molecule has 1 N–H and O–H groups in total. The van der Waals surface area contributed by atoms with Gasteiger partial charge in [-0.15, -0.1) is 11.3 Å². The van der Waals surface area contributed by atoms with Gasteiger partial charge in [-0.25, -0.2) is 0 Å². The summed E-state index contributed by atoms with van der Waals surface area (Å²) in [4.78, 5) is 2.65. The highest BCUT2D eigenvalue weighted by molar-refractivity contribution is 7.15. The molecule has 2 nitrogen and oxygen atoms in total. The topological polar surface area (TPSA) is 21.3 Å². The maximum absolute atomic E-state index is 5.14. The second-order valence-corrected chi connectivity index (χ2v) is 4.69. The summed E-state index contributed by atoms with van der Waals surface area (Å²) in [6.45, 7) is 0.931. The van der Waals surface area contributed by atoms with Crippen LogP contribution < -0.4 is 10.1 Å². The monoisotopic (exact) mass is 233 g/mol. The molecule has 0 spiro atoms. The Balaban J connectivity index is 2.21. The van der Waals surface area contributed by atoms with Crippen LogP contribution in [0.1, 0.15) is 4.88 Å². The first-order valence-corrected chi connectivity index (χ1v) is 6.03. The first-order valence-electron chi connectivity index (χ1n) is 5.21. The molecule has 0 aliphatic rings. The summed E-state index contributed by atoms with van der Waals surface area (Å²) in [6, 6.07) is 12.5. The Morgan fingerprint density at radius 2 is 1.88 bits per heavy atom. The minimum Gasteiger partial charge on any atom is -0.497 e. The van der Waals surface area contributed by atoms with E-state index in [0.29, 0.717) is 0 Å². The van der Waals surface area contributed by atoms with Gasteiger partial charge in [-0.3, -0.25) is 0 Å². The lowest BCUT2D eigenvalue weighted by atomic mass is 10.2. The van der Waals surface area contributed by atoms with Crippen LogP contribution in [0.15, 0.2) is 36.4 Å². The van der Waals surface area contributed by atoms with E-state index in [4.69, 9.17) is 4.74 Å². The summed E-state index contributed by atoms with van der Waals surface area (Å²) in [5.41, 5.74) is 1.24. The number of nitrogens with one attached hydrogen (secondary N) is 1. The molecular weight excluding hydrogens is 218 g/mol. The Kier molecular flexibility index (Phi) is 3.59. The van der Waals surface area contributed by atoms with E-state index < -0.39 is 0 Å². The van der Waals surface area contributed by atoms with Crippen LogP contribution in [0.2, 0.25) is 0 Å². The van der Waals surface area contributed by atoms with Crippen molar-refractivity contribution >= 4 is 11.3 Å². The molecule has 0 fully saturated rings. The smallest absolute Gasteiger partial charge is 0.118 e. The molecule has 2 rings (SSSR count). The Labute approximate surface area is 99.9 Å². The highest BCUT2D eigenvalue weighted by atomic mass is 32.1. The van der Waals surface area contributed by atoms with Crippen LogP contribution >= 0.6 is 11.3 Å². The van der Waals surface area contributed by atoms with Crippen molar-refractivity contribution in [3.63, 3.8) is 0 Å². The number of ether oxygens (including phenoxy) is 1. The summed E-state index contributed by atoms with van der Waals surface area (Å²) in [5, 5.41) is 3.16. The van der Waals surface area contributed by atoms with Crippen LogP contribution in [0, 0.1) is 0 Å². The summed E-state index contributed by atoms with van der Waals surface area (Å²) in [7, 11) is 3.65. The number of rotatable bonds is 4. The lowest BCUT2D eigenvalue weighted by molar-refractivity contribution is 0.415. The molecule has 0 bridgehead atoms. The van der Waals surface area contributed by atoms with E-state index in [-0.39, 0.29) is 0 Å². The van der Waals surface area contributed by atoms with Crippen LogP contribution in [0.3, 0.4) is 0 Å². The van der Waals surface area contributed by atoms with E-state index in [9.17, 15) is 0 Å². The molecule has 0 saturated heterocycles. The van der Waals surface area contributed by atoms with E-state index in [2.05, 4.69) is 29.6 Å². The van der Waals surface area contributed by atoms with Gasteiger partial charge in [-0.05, 0) is 49.0 Å². The Bertz CT molecular complexity index is 447. The summed E-state index contributed by atoms with van der Waals surface area (Å²) in [6.07, 6.45) is 0. The maximum Gasteiger partial charge on any atom is 0.118 e. The number of methoxy groups -OCH3 is 1. The number of benzene rings is 1. The molecule has 1 aromatic carbocycles. The van der Waals surface area contributed by atoms with Crippen LogP contribution in [0.25, 0.3) is 10.4 Å². The number of thiophene rings is 1. The SMILES string of the molecule is CNCc1ccc(-c2ccc(OC)cc2)s1. The van der Waals surface area contributed by atoms with E-state index in [1.165, 1.54) is 15.3 Å². The van der Waals surface area contributed by atoms with Crippen LogP contribution in [-0.4, -0.2) is 14.2 Å². The van der Waals surface area contributed by atoms with Crippen molar-refractivity contribution in [3.8, 4) is 16.2 Å². The third kappa shape index (κ3) is 2.43. The number of hydrogen-bond acceptors (Lipinski definition) is 3. The van der Waals surface area contributed by atoms with Crippen molar-refractivity contribution < 1.29 is 4.74 Å². The van der Waals surface area contributed by atoms with Crippen molar-refractivity contribution in [3.05, 3.63) is 41.3 Å². The summed E-state index contributed by atoms with van der Waals surface area (Å²) in [5.74, 6) is 0.899. The van der Waals surface area contributed by atoms with Crippen LogP contribution in [-0.2, 0) is 6.54 Å². The Morgan fingerprint density at radius 3 is 2.50 bits per heavy atom. The minimum absolute atomic E-state index is 0.899. The predicted molar refractivity (Wildman–Crippen MR) is 69.1 cm³/mol. The average Bonchev–Trinajstić information content (AvgIpc) is 2.78. The molecule has 1 heterocycles. The number of hydrogen-bond donors (Lipinski definition) is 1. The van der Waals surface area contributed by atoms with Crippen LogP contribution in [0.5, 0.6) is 5.75 Å². The fourth-order valence-electron chi connectivity index (χ4n) is 1.56. The molecule has 3 heteroatoms. The van der Waals surface area contributed by atoms with Gasteiger partial charge in [0.25, 0.3) is 0 Å². The third-order valence-corrected chi connectivity index (χ3v) is 3.52. The van der Waals surface area contributed by atoms with E-state index in [1.54, 1.807) is 7.11 Å². The van der Waals surface area contributed by atoms with E-state index >= 15 is 0 Å². The minimum atomic E-state index is 0.899. The molecule has 0 aliphatic heterocycles. The molecule has 0 unspecified atom stereocenters. The second kappa shape index (κ2) is 5.14. The lowest BCUT2D eigenvalue weighted by Crippen LogP contribution is -2.02. The summed E-state index contributed by atoms with van der Waals surface area (Å²) >= 11 is 1.82. The van der Waals surface area contributed by atoms with Gasteiger partial charge in [-0.1, -0.05) is 0 Å². The fourth-order valence-corrected chi connectivity index (χ4v) is 2.58. The summed E-state index contributed by atoms with van der Waals surface area (Å²) < 4.78 is 5.14. The van der Waals surface area contributed by atoms with Gasteiger partial charge in [0.1, 0.15) is 5.75 Å². The van der Waals surface area contributed by atoms with Crippen molar-refractivity contribution in [2.45, 2.75) is 6.54 Å². The lowest BCUT2D eigenvalue weighted by Gasteiger charge is -2.00. The molecule has 16 heavy (non-hydrogen) atoms. The first kappa shape index (κ1) is 11.2. The van der Waals surface area contributed by atoms with Gasteiger partial charge >= 0.3 is 0 Å². The van der Waals surface area contributed by atoms with Crippen molar-refractivity contribution in [1.82, 2.24) is 5.32 Å². The zero-order valence-electron chi connectivity index (χ0n) is 9.49. The zero-order chi connectivity index (χ0) is 11.4. The largest absolute Gasteiger partial charge is 0.497 e. The molecule has 2 aromatic rings. The third-order valence-electron chi connectivity index (χ3n) is 2.39. The molecule has 84 valence electrons. The van der Waals surface area contributed by atoms with Gasteiger partial charge in [-0.2, -0.15) is 0 Å². The first-order chi connectivity index (χ1) is 7.83. The van der Waals surface area contributed by atoms with Crippen molar-refractivity contribution in [1.29, 1.82) is 0 Å². The molecule has 0 atom stereocenters. The molecular formula is C13H15NOS. The Hall–Kier alpha value is -1.32. The van der Waals surface area contributed by atoms with E-state index in [0.717, 1.165) is 12.3 Å². The molecule has 0 saturated carbocycles. The molecule has 0 aliphatic carbocycles. The van der Waals surface area contributed by atoms with Crippen LogP contribution in [0.4, 0.5) is 0 Å². The average molecular weight is 233 g/mol. The van der Waals surface area contributed by atoms with Crippen molar-refractivity contribution in [2.24, 2.45) is 0 Å². The highest BCUT2D eigenvalue weighted by Gasteiger charge is 2.02. The fraction of sp³-hybridized carbons (Fsp3) is 0.231. The van der Waals surface area contributed by atoms with Gasteiger partial charge in [0, 0.05) is 16.3 Å². The normalized spacial score (nSPS) is 10.4. The Morgan fingerprint density at radius 1 is 1.12 bits per heavy atom. The molecule has 1 aromatic heterocycles. The quantitative estimate of drug-likeness (QED) is 0.876. The van der Waals surface area contributed by atoms with Crippen molar-refractivity contribution in [2.75, 3.05) is 14.2 Å². The van der Waals surface area contributed by atoms with Gasteiger partial charge in [0.2, 0.25) is 0 Å². The van der Waals surface area contributed by atoms with Gasteiger partial charge < -0.3 is 10.1 Å². The van der Waals surface area contributed by atoms with E-state index in [1.807, 2.05) is 30.5 Å². The van der Waals surface area contributed by atoms with Gasteiger partial charge in [0.05, 0.1) is 7.11 Å². The van der Waals surface area contributed by atoms with Gasteiger partial charge in [0.15, 0.2) is 0 Å². The second-order valence-electron chi connectivity index (χ2n) is 3.52. The molecule has 0 amide bonds. The maximum atomic E-state index is 5.14. The zero-order valence-corrected chi connectivity index (χ0v) is 10.3. The highest BCUT2D eigenvalue weighted by Crippen LogP contribution is 2.29. The molecule has 0 radical (unpaired) electrons. The predicted octanol–water partition coefficient (Wildman–Crippen LogP) is 3.14. The standard InChI is InChI=1S/C13H15NOS/c1-14-9-12-7-8-13(16-12)10-3-5-11(15-2)6-4-10/h3-8,14H,9H2,1-2H3.